The van der Waals surface area contributed by atoms with Gasteiger partial charge in [-0.15, -0.1) is 0 Å². The Morgan fingerprint density at radius 2 is 2.00 bits per heavy atom. The van der Waals surface area contributed by atoms with Crippen molar-refractivity contribution in [2.75, 3.05) is 19.9 Å². The smallest absolute Gasteiger partial charge is 0.396 e. The molecule has 0 saturated heterocycles. The molecule has 1 aliphatic rings. The summed E-state index contributed by atoms with van der Waals surface area (Å²) in [6.07, 6.45) is -4.36. The van der Waals surface area contributed by atoms with Gasteiger partial charge < -0.3 is 19.9 Å². The van der Waals surface area contributed by atoms with E-state index in [-0.39, 0.29) is 6.79 Å². The van der Waals surface area contributed by atoms with Crippen LogP contribution in [-0.2, 0) is 0 Å². The SMILES string of the molecule is NCC(COc1ccc2c(c1)OCO2)C(F)(F)F. The number of rotatable bonds is 4. The van der Waals surface area contributed by atoms with Crippen LogP contribution in [0.5, 0.6) is 17.2 Å². The Morgan fingerprint density at radius 1 is 1.28 bits per heavy atom. The standard InChI is InChI=1S/C11H12F3NO3/c12-11(13,14)7(4-15)5-16-8-1-2-9-10(3-8)18-6-17-9/h1-3,7H,4-6,15H2. The molecule has 0 aliphatic carbocycles. The number of nitrogens with two attached hydrogens (primary N) is 1. The molecular weight excluding hydrogens is 251 g/mol. The zero-order valence-electron chi connectivity index (χ0n) is 9.37. The van der Waals surface area contributed by atoms with Crippen LogP contribution in [0.3, 0.4) is 0 Å². The molecule has 0 saturated carbocycles. The maximum atomic E-state index is 12.4. The van der Waals surface area contributed by atoms with E-state index in [4.69, 9.17) is 19.9 Å². The molecule has 0 amide bonds. The van der Waals surface area contributed by atoms with Gasteiger partial charge in [0.05, 0.1) is 0 Å². The molecule has 1 unspecified atom stereocenters. The van der Waals surface area contributed by atoms with E-state index < -0.39 is 25.2 Å². The number of hydrogen-bond donors (Lipinski definition) is 1. The lowest BCUT2D eigenvalue weighted by molar-refractivity contribution is -0.178. The number of fused-ring (bicyclic) bond motifs is 1. The minimum Gasteiger partial charge on any atom is -0.493 e. The fourth-order valence-corrected chi connectivity index (χ4v) is 1.46. The quantitative estimate of drug-likeness (QED) is 0.901. The van der Waals surface area contributed by atoms with Crippen molar-refractivity contribution in [1.82, 2.24) is 0 Å². The van der Waals surface area contributed by atoms with Gasteiger partial charge in [0, 0.05) is 12.6 Å². The van der Waals surface area contributed by atoms with Crippen LogP contribution in [0.15, 0.2) is 18.2 Å². The summed E-state index contributed by atoms with van der Waals surface area (Å²) in [5.74, 6) is -0.373. The Kier molecular flexibility index (Phi) is 3.51. The molecular formula is C11H12F3NO3. The molecule has 0 fully saturated rings. The number of benzene rings is 1. The van der Waals surface area contributed by atoms with Gasteiger partial charge in [-0.25, -0.2) is 0 Å². The molecule has 0 bridgehead atoms. The third kappa shape index (κ3) is 2.79. The molecule has 1 atom stereocenters. The van der Waals surface area contributed by atoms with Crippen molar-refractivity contribution < 1.29 is 27.4 Å². The highest BCUT2D eigenvalue weighted by Gasteiger charge is 2.39. The first-order chi connectivity index (χ1) is 8.50. The highest BCUT2D eigenvalue weighted by atomic mass is 19.4. The zero-order valence-corrected chi connectivity index (χ0v) is 9.37. The van der Waals surface area contributed by atoms with E-state index in [1.54, 1.807) is 6.07 Å². The Balaban J connectivity index is 1.98. The van der Waals surface area contributed by atoms with Gasteiger partial charge in [-0.1, -0.05) is 0 Å². The summed E-state index contributed by atoms with van der Waals surface area (Å²) in [5.41, 5.74) is 5.07. The van der Waals surface area contributed by atoms with E-state index in [2.05, 4.69) is 0 Å². The van der Waals surface area contributed by atoms with E-state index in [1.165, 1.54) is 12.1 Å². The lowest BCUT2D eigenvalue weighted by Crippen LogP contribution is -2.35. The Labute approximate surface area is 101 Å². The molecule has 2 rings (SSSR count). The summed E-state index contributed by atoms with van der Waals surface area (Å²) in [7, 11) is 0. The van der Waals surface area contributed by atoms with Gasteiger partial charge in [-0.2, -0.15) is 13.2 Å². The molecule has 1 aliphatic heterocycles. The first-order valence-corrected chi connectivity index (χ1v) is 5.30. The minimum absolute atomic E-state index is 0.104. The molecule has 100 valence electrons. The second kappa shape index (κ2) is 4.93. The molecule has 7 heteroatoms. The van der Waals surface area contributed by atoms with Crippen LogP contribution < -0.4 is 19.9 Å². The predicted molar refractivity (Wildman–Crippen MR) is 56.7 cm³/mol. The van der Waals surface area contributed by atoms with Crippen molar-refractivity contribution in [3.8, 4) is 17.2 Å². The van der Waals surface area contributed by atoms with Crippen molar-refractivity contribution in [2.45, 2.75) is 6.18 Å². The highest BCUT2D eigenvalue weighted by Crippen LogP contribution is 2.35. The van der Waals surface area contributed by atoms with Crippen molar-refractivity contribution in [3.63, 3.8) is 0 Å². The number of alkyl halides is 3. The normalized spacial score (nSPS) is 15.6. The van der Waals surface area contributed by atoms with Gasteiger partial charge in [-0.3, -0.25) is 0 Å². The average Bonchev–Trinajstić information content (AvgIpc) is 2.75. The first kappa shape index (κ1) is 12.8. The molecule has 1 aromatic rings. The van der Waals surface area contributed by atoms with Crippen LogP contribution in [0, 0.1) is 5.92 Å². The van der Waals surface area contributed by atoms with E-state index >= 15 is 0 Å². The van der Waals surface area contributed by atoms with Crippen molar-refractivity contribution >= 4 is 0 Å². The lowest BCUT2D eigenvalue weighted by Gasteiger charge is -2.18. The predicted octanol–water partition coefficient (Wildman–Crippen LogP) is 1.93. The first-order valence-electron chi connectivity index (χ1n) is 5.30. The molecule has 1 heterocycles. The van der Waals surface area contributed by atoms with E-state index in [9.17, 15) is 13.2 Å². The maximum Gasteiger partial charge on any atom is 0.396 e. The van der Waals surface area contributed by atoms with Gasteiger partial charge in [0.2, 0.25) is 6.79 Å². The van der Waals surface area contributed by atoms with E-state index in [0.29, 0.717) is 17.2 Å². The highest BCUT2D eigenvalue weighted by molar-refractivity contribution is 5.46. The van der Waals surface area contributed by atoms with Crippen molar-refractivity contribution in [3.05, 3.63) is 18.2 Å². The molecule has 1 aromatic carbocycles. The van der Waals surface area contributed by atoms with E-state index in [1.807, 2.05) is 0 Å². The van der Waals surface area contributed by atoms with Gasteiger partial charge in [0.25, 0.3) is 0 Å². The third-order valence-electron chi connectivity index (χ3n) is 2.54. The zero-order chi connectivity index (χ0) is 13.2. The summed E-state index contributed by atoms with van der Waals surface area (Å²) in [4.78, 5) is 0. The summed E-state index contributed by atoms with van der Waals surface area (Å²) >= 11 is 0. The second-order valence-corrected chi connectivity index (χ2v) is 3.80. The summed E-state index contributed by atoms with van der Waals surface area (Å²) < 4.78 is 52.6. The van der Waals surface area contributed by atoms with Gasteiger partial charge >= 0.3 is 6.18 Å². The van der Waals surface area contributed by atoms with Gasteiger partial charge in [-0.05, 0) is 12.1 Å². The van der Waals surface area contributed by atoms with Crippen molar-refractivity contribution in [1.29, 1.82) is 0 Å². The Bertz CT molecular complexity index is 422. The monoisotopic (exact) mass is 263 g/mol. The third-order valence-corrected chi connectivity index (χ3v) is 2.54. The Morgan fingerprint density at radius 3 is 2.67 bits per heavy atom. The number of hydrogen-bond acceptors (Lipinski definition) is 4. The molecule has 4 nitrogen and oxygen atoms in total. The van der Waals surface area contributed by atoms with E-state index in [0.717, 1.165) is 0 Å². The Hall–Kier alpha value is -1.63. The van der Waals surface area contributed by atoms with Crippen LogP contribution in [0.1, 0.15) is 0 Å². The van der Waals surface area contributed by atoms with Crippen LogP contribution >= 0.6 is 0 Å². The summed E-state index contributed by atoms with van der Waals surface area (Å²) in [6.45, 7) is -0.916. The summed E-state index contributed by atoms with van der Waals surface area (Å²) in [5, 5.41) is 0. The van der Waals surface area contributed by atoms with Gasteiger partial charge in [0.1, 0.15) is 18.3 Å². The van der Waals surface area contributed by atoms with Gasteiger partial charge in [0.15, 0.2) is 11.5 Å². The molecule has 0 radical (unpaired) electrons. The second-order valence-electron chi connectivity index (χ2n) is 3.80. The topological polar surface area (TPSA) is 53.7 Å². The average molecular weight is 263 g/mol. The fraction of sp³-hybridized carbons (Fsp3) is 0.455. The van der Waals surface area contributed by atoms with Crippen LogP contribution in [0.25, 0.3) is 0 Å². The molecule has 0 aromatic heterocycles. The van der Waals surface area contributed by atoms with Crippen LogP contribution in [-0.4, -0.2) is 26.1 Å². The largest absolute Gasteiger partial charge is 0.493 e. The molecule has 2 N–H and O–H groups in total. The summed E-state index contributed by atoms with van der Waals surface area (Å²) in [6, 6.07) is 4.60. The lowest BCUT2D eigenvalue weighted by atomic mass is 10.1. The molecule has 0 spiro atoms. The fourth-order valence-electron chi connectivity index (χ4n) is 1.46. The maximum absolute atomic E-state index is 12.4. The van der Waals surface area contributed by atoms with Crippen LogP contribution in [0.4, 0.5) is 13.2 Å². The molecule has 18 heavy (non-hydrogen) atoms. The number of ether oxygens (including phenoxy) is 3. The minimum atomic E-state index is -4.36. The number of halogens is 3. The van der Waals surface area contributed by atoms with Crippen molar-refractivity contribution in [2.24, 2.45) is 11.7 Å². The van der Waals surface area contributed by atoms with Crippen LogP contribution in [0.2, 0.25) is 0 Å².